The van der Waals surface area contributed by atoms with Crippen molar-refractivity contribution in [2.24, 2.45) is 0 Å². The first kappa shape index (κ1) is 19.7. The summed E-state index contributed by atoms with van der Waals surface area (Å²) in [5.74, 6) is 0. The smallest absolute Gasteiger partial charge is 0.146 e. The second-order valence-electron chi connectivity index (χ2n) is 8.21. The molecule has 1 heterocycles. The number of morpholine rings is 1. The van der Waals surface area contributed by atoms with Crippen molar-refractivity contribution in [2.75, 3.05) is 26.3 Å². The Bertz CT molecular complexity index is 732. The van der Waals surface area contributed by atoms with Crippen molar-refractivity contribution in [1.29, 1.82) is 0 Å². The van der Waals surface area contributed by atoms with Crippen molar-refractivity contribution in [3.8, 4) is 0 Å². The van der Waals surface area contributed by atoms with Crippen molar-refractivity contribution in [2.45, 2.75) is 25.8 Å². The number of ether oxygens (including phenoxy) is 1. The Balaban J connectivity index is 2.09. The fraction of sp³-hybridized carbons (Fsp3) is 0.333. The molecule has 0 saturated carbocycles. The predicted molar refractivity (Wildman–Crippen MR) is 118 cm³/mol. The third-order valence-corrected chi connectivity index (χ3v) is 11.1. The molecule has 1 aliphatic rings. The molecule has 1 aliphatic heterocycles. The van der Waals surface area contributed by atoms with E-state index in [2.05, 4.69) is 105 Å². The van der Waals surface area contributed by atoms with E-state index < -0.39 is 8.07 Å². The molecule has 0 spiro atoms. The van der Waals surface area contributed by atoms with E-state index in [1.54, 1.807) is 0 Å². The van der Waals surface area contributed by atoms with Gasteiger partial charge in [0.15, 0.2) is 0 Å². The lowest BCUT2D eigenvalue weighted by atomic mass is 10.2. The van der Waals surface area contributed by atoms with Crippen LogP contribution < -0.4 is 10.4 Å². The van der Waals surface area contributed by atoms with Crippen LogP contribution >= 0.6 is 0 Å². The van der Waals surface area contributed by atoms with Gasteiger partial charge in [-0.1, -0.05) is 93.7 Å². The van der Waals surface area contributed by atoms with Crippen LogP contribution in [0.25, 0.3) is 0 Å². The molecule has 0 radical (unpaired) electrons. The minimum atomic E-state index is -2.17. The molecule has 1 saturated heterocycles. The molecule has 2 nitrogen and oxygen atoms in total. The highest BCUT2D eigenvalue weighted by Crippen LogP contribution is 2.37. The predicted octanol–water partition coefficient (Wildman–Crippen LogP) is 3.99. The number of benzene rings is 2. The van der Waals surface area contributed by atoms with E-state index >= 15 is 0 Å². The van der Waals surface area contributed by atoms with Gasteiger partial charge in [0.25, 0.3) is 0 Å². The average molecular weight is 378 g/mol. The summed E-state index contributed by atoms with van der Waals surface area (Å²) in [5.41, 5.74) is 3.58. The molecule has 0 N–H and O–H groups in total. The Morgan fingerprint density at radius 3 is 1.85 bits per heavy atom. The van der Waals surface area contributed by atoms with Crippen molar-refractivity contribution >= 4 is 18.4 Å². The molecular weight excluding hydrogens is 346 g/mol. The lowest BCUT2D eigenvalue weighted by molar-refractivity contribution is 0.0556. The van der Waals surface area contributed by atoms with Gasteiger partial charge >= 0.3 is 0 Å². The summed E-state index contributed by atoms with van der Waals surface area (Å²) >= 11 is 0. The van der Waals surface area contributed by atoms with Gasteiger partial charge in [-0.2, -0.15) is 0 Å². The lowest BCUT2D eigenvalue weighted by Gasteiger charge is -2.42. The van der Waals surface area contributed by atoms with Gasteiger partial charge in [0.05, 0.1) is 13.2 Å². The van der Waals surface area contributed by atoms with E-state index in [1.165, 1.54) is 10.4 Å². The van der Waals surface area contributed by atoms with Crippen LogP contribution in [-0.4, -0.2) is 39.3 Å². The second-order valence-corrected chi connectivity index (χ2v) is 12.8. The van der Waals surface area contributed by atoms with Crippen LogP contribution in [0.5, 0.6) is 0 Å². The van der Waals surface area contributed by atoms with Crippen LogP contribution in [0.1, 0.15) is 20.8 Å². The first-order valence-corrected chi connectivity index (χ1v) is 11.8. The van der Waals surface area contributed by atoms with Crippen molar-refractivity contribution < 1.29 is 4.74 Å². The number of nitrogens with zero attached hydrogens (tertiary/aromatic N) is 1. The minimum Gasteiger partial charge on any atom is -0.378 e. The summed E-state index contributed by atoms with van der Waals surface area (Å²) in [6.07, 6.45) is 2.27. The van der Waals surface area contributed by atoms with Crippen LogP contribution in [0, 0.1) is 0 Å². The molecule has 0 bridgehead atoms. The van der Waals surface area contributed by atoms with Crippen LogP contribution in [0.15, 0.2) is 84.7 Å². The SMILES string of the molecule is C=C(/C=C/[Si](c1ccccc1)(c1ccccc1)C(C)(C)C)N1CCOCC1. The zero-order valence-electron chi connectivity index (χ0n) is 16.8. The molecule has 3 rings (SSSR count). The molecule has 0 unspecified atom stereocenters. The van der Waals surface area contributed by atoms with Gasteiger partial charge < -0.3 is 9.64 Å². The third kappa shape index (κ3) is 4.09. The summed E-state index contributed by atoms with van der Waals surface area (Å²) < 4.78 is 5.49. The summed E-state index contributed by atoms with van der Waals surface area (Å²) in [5, 5.41) is 3.00. The van der Waals surface area contributed by atoms with Crippen LogP contribution in [0.4, 0.5) is 0 Å². The van der Waals surface area contributed by atoms with Crippen molar-refractivity contribution in [3.63, 3.8) is 0 Å². The molecule has 0 aromatic heterocycles. The maximum Gasteiger partial charge on any atom is 0.146 e. The number of allylic oxidation sites excluding steroid dienone is 1. The zero-order chi connectivity index (χ0) is 19.3. The van der Waals surface area contributed by atoms with Crippen molar-refractivity contribution in [1.82, 2.24) is 4.90 Å². The van der Waals surface area contributed by atoms with Gasteiger partial charge in [0, 0.05) is 18.8 Å². The third-order valence-electron chi connectivity index (χ3n) is 5.58. The standard InChI is InChI=1S/C24H31NOSi/c1-21(25-16-18-26-19-17-25)15-20-27(24(2,3)4,22-11-7-5-8-12-22)23-13-9-6-10-14-23/h5-15,20H,1,16-19H2,2-4H3/b20-15+. The van der Waals surface area contributed by atoms with E-state index in [1.807, 2.05) is 0 Å². The van der Waals surface area contributed by atoms with Gasteiger partial charge in [-0.25, -0.2) is 0 Å². The van der Waals surface area contributed by atoms with E-state index in [4.69, 9.17) is 4.74 Å². The van der Waals surface area contributed by atoms with Crippen LogP contribution in [0.2, 0.25) is 5.04 Å². The van der Waals surface area contributed by atoms with E-state index in [9.17, 15) is 0 Å². The highest BCUT2D eigenvalue weighted by atomic mass is 28.3. The first-order valence-electron chi connectivity index (χ1n) is 9.77. The summed E-state index contributed by atoms with van der Waals surface area (Å²) in [7, 11) is -2.17. The number of hydrogen-bond donors (Lipinski definition) is 0. The Hall–Kier alpha value is -2.10. The second kappa shape index (κ2) is 8.28. The molecular formula is C24H31NOSi. The fourth-order valence-electron chi connectivity index (χ4n) is 4.05. The summed E-state index contributed by atoms with van der Waals surface area (Å²) in [6.45, 7) is 14.9. The zero-order valence-corrected chi connectivity index (χ0v) is 17.8. The highest BCUT2D eigenvalue weighted by molar-refractivity contribution is 7.07. The molecule has 2 aromatic rings. The molecule has 0 atom stereocenters. The molecule has 3 heteroatoms. The van der Waals surface area contributed by atoms with E-state index in [0.29, 0.717) is 0 Å². The number of rotatable bonds is 5. The maximum atomic E-state index is 5.49. The van der Waals surface area contributed by atoms with Crippen molar-refractivity contribution in [3.05, 3.63) is 84.7 Å². The molecule has 0 amide bonds. The molecule has 2 aromatic carbocycles. The largest absolute Gasteiger partial charge is 0.378 e. The maximum absolute atomic E-state index is 5.49. The Morgan fingerprint density at radius 2 is 1.41 bits per heavy atom. The Kier molecular flexibility index (Phi) is 6.03. The van der Waals surface area contributed by atoms with Crippen LogP contribution in [-0.2, 0) is 4.74 Å². The van der Waals surface area contributed by atoms with Gasteiger partial charge in [-0.05, 0) is 21.5 Å². The Morgan fingerprint density at radius 1 is 0.926 bits per heavy atom. The minimum absolute atomic E-state index is 0.123. The lowest BCUT2D eigenvalue weighted by Crippen LogP contribution is -2.63. The highest BCUT2D eigenvalue weighted by Gasteiger charge is 2.45. The topological polar surface area (TPSA) is 12.5 Å². The van der Waals surface area contributed by atoms with Gasteiger partial charge in [-0.15, -0.1) is 0 Å². The summed E-state index contributed by atoms with van der Waals surface area (Å²) in [6, 6.07) is 22.1. The first-order chi connectivity index (χ1) is 12.9. The molecule has 27 heavy (non-hydrogen) atoms. The average Bonchev–Trinajstić information content (AvgIpc) is 2.69. The molecule has 0 aliphatic carbocycles. The quantitative estimate of drug-likeness (QED) is 0.577. The molecule has 142 valence electrons. The van der Waals surface area contributed by atoms with Gasteiger partial charge in [-0.3, -0.25) is 0 Å². The van der Waals surface area contributed by atoms with Gasteiger partial charge in [0.1, 0.15) is 8.07 Å². The summed E-state index contributed by atoms with van der Waals surface area (Å²) in [4.78, 5) is 2.33. The fourth-order valence-corrected chi connectivity index (χ4v) is 8.88. The number of hydrogen-bond acceptors (Lipinski definition) is 2. The van der Waals surface area contributed by atoms with Gasteiger partial charge in [0.2, 0.25) is 0 Å². The van der Waals surface area contributed by atoms with E-state index in [0.717, 1.165) is 32.0 Å². The molecule has 1 fully saturated rings. The van der Waals surface area contributed by atoms with E-state index in [-0.39, 0.29) is 5.04 Å². The normalized spacial score (nSPS) is 15.9. The Labute approximate surface area is 165 Å². The van der Waals surface area contributed by atoms with Crippen LogP contribution in [0.3, 0.4) is 0 Å². The monoisotopic (exact) mass is 377 g/mol.